The first kappa shape index (κ1) is 13.4. The van der Waals surface area contributed by atoms with Crippen LogP contribution in [-0.4, -0.2) is 0 Å². The molecular formula is C17H19NO. The third-order valence-corrected chi connectivity index (χ3v) is 2.98. The SMILES string of the molecule is C=CC[C@@H](N)c1ccc(OCc2ccccc2)cc1. The van der Waals surface area contributed by atoms with E-state index in [1.54, 1.807) is 0 Å². The van der Waals surface area contributed by atoms with Gasteiger partial charge in [0.15, 0.2) is 0 Å². The molecule has 0 aromatic heterocycles. The number of nitrogens with two attached hydrogens (primary N) is 1. The first-order chi connectivity index (χ1) is 9.29. The molecule has 98 valence electrons. The lowest BCUT2D eigenvalue weighted by Crippen LogP contribution is -2.08. The van der Waals surface area contributed by atoms with E-state index in [0.29, 0.717) is 6.61 Å². The maximum atomic E-state index is 6.01. The van der Waals surface area contributed by atoms with Gasteiger partial charge >= 0.3 is 0 Å². The van der Waals surface area contributed by atoms with Crippen molar-refractivity contribution in [2.75, 3.05) is 0 Å². The molecule has 2 N–H and O–H groups in total. The van der Waals surface area contributed by atoms with Crippen LogP contribution in [0.4, 0.5) is 0 Å². The van der Waals surface area contributed by atoms with Gasteiger partial charge in [0, 0.05) is 6.04 Å². The fourth-order valence-electron chi connectivity index (χ4n) is 1.87. The van der Waals surface area contributed by atoms with E-state index in [9.17, 15) is 0 Å². The summed E-state index contributed by atoms with van der Waals surface area (Å²) in [5.74, 6) is 0.860. The Morgan fingerprint density at radius 1 is 1.05 bits per heavy atom. The van der Waals surface area contributed by atoms with Gasteiger partial charge in [-0.25, -0.2) is 0 Å². The van der Waals surface area contributed by atoms with E-state index >= 15 is 0 Å². The molecule has 0 bridgehead atoms. The first-order valence-corrected chi connectivity index (χ1v) is 6.43. The Morgan fingerprint density at radius 3 is 2.37 bits per heavy atom. The van der Waals surface area contributed by atoms with E-state index in [2.05, 4.69) is 6.58 Å². The molecule has 2 aromatic carbocycles. The summed E-state index contributed by atoms with van der Waals surface area (Å²) < 4.78 is 5.73. The van der Waals surface area contributed by atoms with Crippen molar-refractivity contribution < 1.29 is 4.74 Å². The van der Waals surface area contributed by atoms with Crippen LogP contribution in [0.25, 0.3) is 0 Å². The van der Waals surface area contributed by atoms with Crippen LogP contribution in [-0.2, 0) is 6.61 Å². The molecule has 0 radical (unpaired) electrons. The molecular weight excluding hydrogens is 234 g/mol. The van der Waals surface area contributed by atoms with Crippen molar-refractivity contribution in [3.63, 3.8) is 0 Å². The molecule has 0 amide bonds. The minimum absolute atomic E-state index is 0.0145. The lowest BCUT2D eigenvalue weighted by molar-refractivity contribution is 0.306. The monoisotopic (exact) mass is 253 g/mol. The first-order valence-electron chi connectivity index (χ1n) is 6.43. The second kappa shape index (κ2) is 6.76. The highest BCUT2D eigenvalue weighted by atomic mass is 16.5. The van der Waals surface area contributed by atoms with Crippen LogP contribution < -0.4 is 10.5 Å². The Morgan fingerprint density at radius 2 is 1.74 bits per heavy atom. The largest absolute Gasteiger partial charge is 0.489 e. The van der Waals surface area contributed by atoms with Crippen LogP contribution in [0.15, 0.2) is 67.3 Å². The third-order valence-electron chi connectivity index (χ3n) is 2.98. The predicted molar refractivity (Wildman–Crippen MR) is 79.0 cm³/mol. The summed E-state index contributed by atoms with van der Waals surface area (Å²) in [4.78, 5) is 0. The van der Waals surface area contributed by atoms with Gasteiger partial charge in [-0.05, 0) is 29.7 Å². The zero-order valence-corrected chi connectivity index (χ0v) is 11.0. The highest BCUT2D eigenvalue weighted by molar-refractivity contribution is 5.29. The summed E-state index contributed by atoms with van der Waals surface area (Å²) in [6.45, 7) is 4.28. The van der Waals surface area contributed by atoms with Crippen LogP contribution in [0.1, 0.15) is 23.6 Å². The molecule has 2 nitrogen and oxygen atoms in total. The Hall–Kier alpha value is -2.06. The number of hydrogen-bond acceptors (Lipinski definition) is 2. The molecule has 0 aliphatic carbocycles. The van der Waals surface area contributed by atoms with Gasteiger partial charge in [0.2, 0.25) is 0 Å². The second-order valence-corrected chi connectivity index (χ2v) is 4.47. The predicted octanol–water partition coefficient (Wildman–Crippen LogP) is 3.84. The maximum absolute atomic E-state index is 6.01. The summed E-state index contributed by atoms with van der Waals surface area (Å²) in [6.07, 6.45) is 2.62. The van der Waals surface area contributed by atoms with Crippen molar-refractivity contribution in [1.82, 2.24) is 0 Å². The molecule has 0 aliphatic heterocycles. The van der Waals surface area contributed by atoms with Gasteiger partial charge in [-0.1, -0.05) is 48.5 Å². The average molecular weight is 253 g/mol. The van der Waals surface area contributed by atoms with Crippen LogP contribution in [0, 0.1) is 0 Å². The summed E-state index contributed by atoms with van der Waals surface area (Å²) in [5.41, 5.74) is 8.27. The lowest BCUT2D eigenvalue weighted by atomic mass is 10.0. The highest BCUT2D eigenvalue weighted by Crippen LogP contribution is 2.19. The van der Waals surface area contributed by atoms with Gasteiger partial charge in [0.05, 0.1) is 0 Å². The molecule has 2 heteroatoms. The smallest absolute Gasteiger partial charge is 0.119 e. The van der Waals surface area contributed by atoms with E-state index in [-0.39, 0.29) is 6.04 Å². The van der Waals surface area contributed by atoms with E-state index < -0.39 is 0 Å². The fourth-order valence-corrected chi connectivity index (χ4v) is 1.87. The Kier molecular flexibility index (Phi) is 4.76. The molecule has 2 rings (SSSR count). The summed E-state index contributed by atoms with van der Waals surface area (Å²) >= 11 is 0. The molecule has 2 aromatic rings. The number of rotatable bonds is 6. The molecule has 0 saturated heterocycles. The van der Waals surface area contributed by atoms with Crippen LogP contribution in [0.2, 0.25) is 0 Å². The lowest BCUT2D eigenvalue weighted by Gasteiger charge is -2.11. The van der Waals surface area contributed by atoms with Crippen LogP contribution in [0.3, 0.4) is 0 Å². The molecule has 1 atom stereocenters. The van der Waals surface area contributed by atoms with Crippen molar-refractivity contribution in [3.05, 3.63) is 78.4 Å². The summed E-state index contributed by atoms with van der Waals surface area (Å²) in [6, 6.07) is 18.1. The van der Waals surface area contributed by atoms with Crippen LogP contribution in [0.5, 0.6) is 5.75 Å². The van der Waals surface area contributed by atoms with Crippen molar-refractivity contribution in [2.24, 2.45) is 5.73 Å². The van der Waals surface area contributed by atoms with E-state index in [4.69, 9.17) is 10.5 Å². The van der Waals surface area contributed by atoms with Crippen molar-refractivity contribution >= 4 is 0 Å². The van der Waals surface area contributed by atoms with E-state index in [0.717, 1.165) is 23.3 Å². The van der Waals surface area contributed by atoms with Crippen LogP contribution >= 0.6 is 0 Å². The number of ether oxygens (including phenoxy) is 1. The maximum Gasteiger partial charge on any atom is 0.119 e. The van der Waals surface area contributed by atoms with E-state index in [1.165, 1.54) is 0 Å². The van der Waals surface area contributed by atoms with Crippen molar-refractivity contribution in [1.29, 1.82) is 0 Å². The third kappa shape index (κ3) is 3.97. The van der Waals surface area contributed by atoms with Gasteiger partial charge in [0.1, 0.15) is 12.4 Å². The fraction of sp³-hybridized carbons (Fsp3) is 0.176. The quantitative estimate of drug-likeness (QED) is 0.794. The molecule has 0 fully saturated rings. The molecule has 0 heterocycles. The summed E-state index contributed by atoms with van der Waals surface area (Å²) in [5, 5.41) is 0. The van der Waals surface area contributed by atoms with Gasteiger partial charge in [-0.3, -0.25) is 0 Å². The zero-order chi connectivity index (χ0) is 13.5. The minimum atomic E-state index is 0.0145. The molecule has 19 heavy (non-hydrogen) atoms. The number of hydrogen-bond donors (Lipinski definition) is 1. The van der Waals surface area contributed by atoms with Gasteiger partial charge in [-0.2, -0.15) is 0 Å². The van der Waals surface area contributed by atoms with E-state index in [1.807, 2.05) is 60.7 Å². The van der Waals surface area contributed by atoms with Gasteiger partial charge in [0.25, 0.3) is 0 Å². The summed E-state index contributed by atoms with van der Waals surface area (Å²) in [7, 11) is 0. The molecule has 0 unspecified atom stereocenters. The molecule has 0 spiro atoms. The minimum Gasteiger partial charge on any atom is -0.489 e. The topological polar surface area (TPSA) is 35.2 Å². The Labute approximate surface area is 114 Å². The normalized spacial score (nSPS) is 11.8. The average Bonchev–Trinajstić information content (AvgIpc) is 2.47. The highest BCUT2D eigenvalue weighted by Gasteiger charge is 2.03. The second-order valence-electron chi connectivity index (χ2n) is 4.47. The van der Waals surface area contributed by atoms with Gasteiger partial charge in [-0.15, -0.1) is 6.58 Å². The zero-order valence-electron chi connectivity index (χ0n) is 11.0. The molecule has 0 aliphatic rings. The van der Waals surface area contributed by atoms with Crippen molar-refractivity contribution in [2.45, 2.75) is 19.1 Å². The van der Waals surface area contributed by atoms with Gasteiger partial charge < -0.3 is 10.5 Å². The van der Waals surface area contributed by atoms with Crippen molar-refractivity contribution in [3.8, 4) is 5.75 Å². The number of benzene rings is 2. The standard InChI is InChI=1S/C17H19NO/c1-2-6-17(18)15-9-11-16(12-10-15)19-13-14-7-4-3-5-8-14/h2-5,7-12,17H,1,6,13,18H2/t17-/m1/s1. The molecule has 0 saturated carbocycles. The Bertz CT molecular complexity index is 505. The Balaban J connectivity index is 1.93.